The van der Waals surface area contributed by atoms with Crippen molar-refractivity contribution < 1.29 is 25.9 Å². The van der Waals surface area contributed by atoms with E-state index in [4.69, 9.17) is 4.55 Å². The van der Waals surface area contributed by atoms with Crippen molar-refractivity contribution in [1.82, 2.24) is 0 Å². The fourth-order valence-electron chi connectivity index (χ4n) is 2.33. The Labute approximate surface area is 109 Å². The average molecular weight is 302 g/mol. The maximum absolute atomic E-state index is 11.7. The van der Waals surface area contributed by atoms with Gasteiger partial charge in [-0.3, -0.25) is 9.11 Å². The topological polar surface area (TPSA) is 109 Å². The summed E-state index contributed by atoms with van der Waals surface area (Å²) in [7, 11) is -9.14. The summed E-state index contributed by atoms with van der Waals surface area (Å²) in [6.07, 6.45) is 0.749. The van der Waals surface area contributed by atoms with E-state index in [9.17, 15) is 21.4 Å². The van der Waals surface area contributed by atoms with E-state index in [0.717, 1.165) is 0 Å². The summed E-state index contributed by atoms with van der Waals surface area (Å²) in [6, 6.07) is 0. The summed E-state index contributed by atoms with van der Waals surface area (Å²) in [6.45, 7) is 6.53. The zero-order chi connectivity index (χ0) is 14.8. The number of hydrogen-bond acceptors (Lipinski definition) is 4. The van der Waals surface area contributed by atoms with Crippen molar-refractivity contribution in [2.45, 2.75) is 45.3 Å². The molecule has 0 amide bonds. The minimum absolute atomic E-state index is 0.375. The zero-order valence-corrected chi connectivity index (χ0v) is 12.8. The lowest BCUT2D eigenvalue weighted by Crippen LogP contribution is -2.54. The SMILES string of the molecule is CCC(C)C(CS(=O)(=O)O)(C(C)CC)S(=O)(=O)O. The molecule has 0 heterocycles. The third-order valence-corrected chi connectivity index (χ3v) is 6.72. The predicted molar refractivity (Wildman–Crippen MR) is 69.6 cm³/mol. The van der Waals surface area contributed by atoms with E-state index in [1.165, 1.54) is 0 Å². The number of hydrogen-bond donors (Lipinski definition) is 2. The molecular weight excluding hydrogens is 280 g/mol. The highest BCUT2D eigenvalue weighted by molar-refractivity contribution is 7.90. The normalized spacial score (nSPS) is 20.1. The third kappa shape index (κ3) is 3.66. The molecule has 0 aromatic heterocycles. The van der Waals surface area contributed by atoms with E-state index in [1.54, 1.807) is 27.7 Å². The van der Waals surface area contributed by atoms with Gasteiger partial charge in [0, 0.05) is 0 Å². The lowest BCUT2D eigenvalue weighted by molar-refractivity contribution is 0.264. The number of rotatable bonds is 7. The maximum atomic E-state index is 11.7. The molecular formula is C10H22O6S2. The van der Waals surface area contributed by atoms with Crippen molar-refractivity contribution in [3.05, 3.63) is 0 Å². The summed E-state index contributed by atoms with van der Waals surface area (Å²) in [5.41, 5.74) is 0. The lowest BCUT2D eigenvalue weighted by atomic mass is 9.81. The summed E-state index contributed by atoms with van der Waals surface area (Å²) in [5.74, 6) is -2.17. The van der Waals surface area contributed by atoms with Crippen LogP contribution in [0.15, 0.2) is 0 Å². The van der Waals surface area contributed by atoms with Gasteiger partial charge in [0.25, 0.3) is 20.2 Å². The molecule has 6 nitrogen and oxygen atoms in total. The molecule has 0 saturated heterocycles. The summed E-state index contributed by atoms with van der Waals surface area (Å²) < 4.78 is 62.3. The van der Waals surface area contributed by atoms with E-state index in [1.807, 2.05) is 0 Å². The summed E-state index contributed by atoms with van der Waals surface area (Å²) in [4.78, 5) is 0. The molecule has 18 heavy (non-hydrogen) atoms. The van der Waals surface area contributed by atoms with Crippen LogP contribution in [0.3, 0.4) is 0 Å². The van der Waals surface area contributed by atoms with Gasteiger partial charge in [-0.05, 0) is 11.8 Å². The van der Waals surface area contributed by atoms with Crippen molar-refractivity contribution in [3.8, 4) is 0 Å². The molecule has 0 aliphatic carbocycles. The minimum Gasteiger partial charge on any atom is -0.285 e. The van der Waals surface area contributed by atoms with Crippen LogP contribution in [0.2, 0.25) is 0 Å². The molecule has 0 aliphatic heterocycles. The van der Waals surface area contributed by atoms with Crippen LogP contribution in [-0.4, -0.2) is 36.4 Å². The van der Waals surface area contributed by atoms with E-state index in [-0.39, 0.29) is 0 Å². The fourth-order valence-corrected chi connectivity index (χ4v) is 5.86. The highest BCUT2D eigenvalue weighted by Crippen LogP contribution is 2.39. The van der Waals surface area contributed by atoms with Crippen LogP contribution < -0.4 is 0 Å². The highest BCUT2D eigenvalue weighted by atomic mass is 32.2. The first kappa shape index (κ1) is 17.8. The smallest absolute Gasteiger partial charge is 0.272 e. The molecule has 110 valence electrons. The molecule has 2 N–H and O–H groups in total. The molecule has 0 bridgehead atoms. The standard InChI is InChI=1S/C10H22O6S2/c1-5-8(3)10(9(4)6-2,18(14,15)16)7-17(11,12)13/h8-9H,5-7H2,1-4H3,(H,11,12,13)(H,14,15,16). The molecule has 0 spiro atoms. The van der Waals surface area contributed by atoms with Gasteiger partial charge in [0.05, 0.1) is 5.75 Å². The highest BCUT2D eigenvalue weighted by Gasteiger charge is 2.53. The lowest BCUT2D eigenvalue weighted by Gasteiger charge is -2.39. The van der Waals surface area contributed by atoms with E-state index >= 15 is 0 Å². The third-order valence-electron chi connectivity index (χ3n) is 3.78. The van der Waals surface area contributed by atoms with Gasteiger partial charge < -0.3 is 0 Å². The van der Waals surface area contributed by atoms with Crippen LogP contribution in [0.25, 0.3) is 0 Å². The zero-order valence-electron chi connectivity index (χ0n) is 11.1. The Morgan fingerprint density at radius 1 is 0.944 bits per heavy atom. The maximum Gasteiger partial charge on any atom is 0.272 e. The molecule has 0 aromatic rings. The molecule has 0 aromatic carbocycles. The average Bonchev–Trinajstić information content (AvgIpc) is 2.20. The van der Waals surface area contributed by atoms with Gasteiger partial charge in [-0.25, -0.2) is 0 Å². The molecule has 0 radical (unpaired) electrons. The van der Waals surface area contributed by atoms with E-state index in [0.29, 0.717) is 12.8 Å². The van der Waals surface area contributed by atoms with Crippen LogP contribution in [0.5, 0.6) is 0 Å². The largest absolute Gasteiger partial charge is 0.285 e. The van der Waals surface area contributed by atoms with Gasteiger partial charge in [0.1, 0.15) is 4.75 Å². The molecule has 0 fully saturated rings. The van der Waals surface area contributed by atoms with Crippen LogP contribution >= 0.6 is 0 Å². The Kier molecular flexibility index (Phi) is 5.79. The van der Waals surface area contributed by atoms with Crippen molar-refractivity contribution in [1.29, 1.82) is 0 Å². The van der Waals surface area contributed by atoms with E-state index < -0.39 is 42.6 Å². The van der Waals surface area contributed by atoms with Crippen molar-refractivity contribution in [2.24, 2.45) is 11.8 Å². The van der Waals surface area contributed by atoms with Crippen LogP contribution in [0, 0.1) is 11.8 Å². The predicted octanol–water partition coefficient (Wildman–Crippen LogP) is 1.59. The van der Waals surface area contributed by atoms with Gasteiger partial charge in [-0.1, -0.05) is 40.5 Å². The second-order valence-corrected chi connectivity index (χ2v) is 7.94. The second kappa shape index (κ2) is 5.85. The molecule has 2 atom stereocenters. The summed E-state index contributed by atoms with van der Waals surface area (Å²) in [5, 5.41) is 0. The summed E-state index contributed by atoms with van der Waals surface area (Å²) >= 11 is 0. The molecule has 0 saturated carbocycles. The Bertz CT molecular complexity index is 455. The van der Waals surface area contributed by atoms with Gasteiger partial charge in [0.2, 0.25) is 0 Å². The van der Waals surface area contributed by atoms with Crippen LogP contribution in [-0.2, 0) is 20.2 Å². The van der Waals surface area contributed by atoms with Gasteiger partial charge >= 0.3 is 0 Å². The Hall–Kier alpha value is -0.180. The Balaban J connectivity index is 6.05. The first-order chi connectivity index (χ1) is 7.92. The monoisotopic (exact) mass is 302 g/mol. The van der Waals surface area contributed by atoms with Crippen molar-refractivity contribution in [2.75, 3.05) is 5.75 Å². The van der Waals surface area contributed by atoms with Crippen LogP contribution in [0.1, 0.15) is 40.5 Å². The second-order valence-electron chi connectivity index (χ2n) is 4.77. The van der Waals surface area contributed by atoms with Crippen molar-refractivity contribution >= 4 is 20.2 Å². The van der Waals surface area contributed by atoms with E-state index in [2.05, 4.69) is 0 Å². The molecule has 0 rings (SSSR count). The first-order valence-corrected chi connectivity index (χ1v) is 8.89. The molecule has 8 heteroatoms. The van der Waals surface area contributed by atoms with Gasteiger partial charge in [0.15, 0.2) is 0 Å². The van der Waals surface area contributed by atoms with Crippen molar-refractivity contribution in [3.63, 3.8) is 0 Å². The van der Waals surface area contributed by atoms with Crippen LogP contribution in [0.4, 0.5) is 0 Å². The fraction of sp³-hybridized carbons (Fsp3) is 1.00. The van der Waals surface area contributed by atoms with Gasteiger partial charge in [-0.2, -0.15) is 16.8 Å². The first-order valence-electron chi connectivity index (χ1n) is 5.84. The quantitative estimate of drug-likeness (QED) is 0.691. The Morgan fingerprint density at radius 3 is 1.44 bits per heavy atom. The Morgan fingerprint density at radius 2 is 1.28 bits per heavy atom. The molecule has 0 aliphatic rings. The molecule has 2 unspecified atom stereocenters. The minimum atomic E-state index is -4.62. The van der Waals surface area contributed by atoms with Gasteiger partial charge in [-0.15, -0.1) is 0 Å².